The van der Waals surface area contributed by atoms with E-state index in [-0.39, 0.29) is 61.4 Å². The van der Waals surface area contributed by atoms with Crippen LogP contribution in [0.4, 0.5) is 28.3 Å². The zero-order valence-electron chi connectivity index (χ0n) is 23.5. The van der Waals surface area contributed by atoms with Crippen LogP contribution in [0.15, 0.2) is 12.1 Å². The second-order valence-corrected chi connectivity index (χ2v) is 11.6. The second kappa shape index (κ2) is 10.6. The Kier molecular flexibility index (Phi) is 7.49. The van der Waals surface area contributed by atoms with Crippen molar-refractivity contribution in [2.24, 2.45) is 0 Å². The first-order chi connectivity index (χ1) is 19.2. The Bertz CT molecular complexity index is 1330. The Morgan fingerprint density at radius 2 is 1.66 bits per heavy atom. The highest BCUT2D eigenvalue weighted by Gasteiger charge is 2.44. The SMILES string of the molecule is C[C@H]1CCN1c1nc(-c2cc(F)c(OCC(=O)N3CCN(C(=O)OC(C)(C)C)CC3)c(F)c2)c2c(n1)C(F)(F)CC2. The molecule has 2 aromatic rings. The van der Waals surface area contributed by atoms with Gasteiger partial charge in [-0.05, 0) is 52.7 Å². The third kappa shape index (κ3) is 5.89. The van der Waals surface area contributed by atoms with Gasteiger partial charge in [0.25, 0.3) is 11.8 Å². The van der Waals surface area contributed by atoms with Crippen LogP contribution in [-0.2, 0) is 21.9 Å². The van der Waals surface area contributed by atoms with E-state index >= 15 is 8.78 Å². The van der Waals surface area contributed by atoms with Gasteiger partial charge in [0.2, 0.25) is 5.95 Å². The van der Waals surface area contributed by atoms with Crippen LogP contribution >= 0.6 is 0 Å². The number of ether oxygens (including phenoxy) is 2. The first-order valence-electron chi connectivity index (χ1n) is 13.7. The fraction of sp³-hybridized carbons (Fsp3) is 0.571. The summed E-state index contributed by atoms with van der Waals surface area (Å²) < 4.78 is 70.1. The summed E-state index contributed by atoms with van der Waals surface area (Å²) in [6, 6.07) is 2.02. The van der Waals surface area contributed by atoms with E-state index in [0.717, 1.165) is 18.6 Å². The highest BCUT2D eigenvalue weighted by molar-refractivity contribution is 5.78. The van der Waals surface area contributed by atoms with Crippen molar-refractivity contribution in [3.8, 4) is 17.0 Å². The number of rotatable bonds is 5. The predicted octanol–water partition coefficient (Wildman–Crippen LogP) is 4.52. The third-order valence-electron chi connectivity index (χ3n) is 7.50. The summed E-state index contributed by atoms with van der Waals surface area (Å²) in [6.45, 7) is 8.11. The summed E-state index contributed by atoms with van der Waals surface area (Å²) in [5.74, 6) is -6.47. The number of amides is 2. The normalized spacial score (nSPS) is 20.0. The van der Waals surface area contributed by atoms with Gasteiger partial charge in [-0.25, -0.2) is 23.5 Å². The number of alkyl halides is 2. The molecular weight excluding hydrogens is 546 g/mol. The smallest absolute Gasteiger partial charge is 0.410 e. The quantitative estimate of drug-likeness (QED) is 0.482. The third-order valence-corrected chi connectivity index (χ3v) is 7.50. The summed E-state index contributed by atoms with van der Waals surface area (Å²) in [7, 11) is 0. The van der Waals surface area contributed by atoms with Gasteiger partial charge in [0, 0.05) is 56.3 Å². The van der Waals surface area contributed by atoms with Gasteiger partial charge in [0.15, 0.2) is 24.0 Å². The van der Waals surface area contributed by atoms with Crippen molar-refractivity contribution in [2.75, 3.05) is 44.2 Å². The Labute approximate surface area is 235 Å². The molecule has 2 amide bonds. The van der Waals surface area contributed by atoms with Crippen molar-refractivity contribution < 1.29 is 36.6 Å². The van der Waals surface area contributed by atoms with E-state index in [1.807, 2.05) is 6.92 Å². The zero-order chi connectivity index (χ0) is 29.7. The second-order valence-electron chi connectivity index (χ2n) is 11.6. The molecule has 1 aliphatic carbocycles. The van der Waals surface area contributed by atoms with Gasteiger partial charge in [0.1, 0.15) is 11.3 Å². The van der Waals surface area contributed by atoms with Crippen LogP contribution in [0.3, 0.4) is 0 Å². The summed E-state index contributed by atoms with van der Waals surface area (Å²) in [5.41, 5.74) is -0.835. The molecule has 2 fully saturated rings. The topological polar surface area (TPSA) is 88.1 Å². The molecule has 9 nitrogen and oxygen atoms in total. The van der Waals surface area contributed by atoms with E-state index in [0.29, 0.717) is 6.54 Å². The molecule has 222 valence electrons. The molecule has 3 heterocycles. The molecule has 1 atom stereocenters. The molecule has 0 radical (unpaired) electrons. The van der Waals surface area contributed by atoms with Crippen molar-refractivity contribution in [1.29, 1.82) is 0 Å². The van der Waals surface area contributed by atoms with Crippen LogP contribution in [0.2, 0.25) is 0 Å². The van der Waals surface area contributed by atoms with Gasteiger partial charge in [0.05, 0.1) is 5.69 Å². The number of carbonyl (C=O) groups excluding carboxylic acids is 2. The zero-order valence-corrected chi connectivity index (χ0v) is 23.5. The molecule has 1 aromatic carbocycles. The first kappa shape index (κ1) is 28.9. The van der Waals surface area contributed by atoms with E-state index < -0.39 is 59.6 Å². The fourth-order valence-corrected chi connectivity index (χ4v) is 5.12. The van der Waals surface area contributed by atoms with Gasteiger partial charge >= 0.3 is 6.09 Å². The Morgan fingerprint density at radius 3 is 2.22 bits per heavy atom. The van der Waals surface area contributed by atoms with Crippen LogP contribution in [0.25, 0.3) is 11.3 Å². The minimum Gasteiger partial charge on any atom is -0.478 e. The molecule has 3 aliphatic rings. The minimum absolute atomic E-state index is 0.0114. The lowest BCUT2D eigenvalue weighted by Gasteiger charge is -2.39. The molecule has 0 bridgehead atoms. The maximum Gasteiger partial charge on any atom is 0.410 e. The average molecular weight is 580 g/mol. The molecule has 0 N–H and O–H groups in total. The number of piperazine rings is 1. The monoisotopic (exact) mass is 579 g/mol. The van der Waals surface area contributed by atoms with E-state index in [1.165, 1.54) is 9.80 Å². The Hall–Kier alpha value is -3.64. The largest absolute Gasteiger partial charge is 0.478 e. The standard InChI is InChI=1S/C28H33F4N5O4/c1-16-6-8-37(16)25-33-22(18-5-7-28(31,32)24(18)34-25)17-13-19(29)23(20(30)14-17)40-15-21(38)35-9-11-36(12-10-35)26(39)41-27(2,3)4/h13-14,16H,5-12,15H2,1-4H3/t16-/m0/s1. The van der Waals surface area contributed by atoms with Gasteiger partial charge in [-0.2, -0.15) is 8.78 Å². The Balaban J connectivity index is 1.28. The van der Waals surface area contributed by atoms with Crippen LogP contribution in [-0.4, -0.2) is 82.7 Å². The van der Waals surface area contributed by atoms with Crippen LogP contribution in [0.5, 0.6) is 5.75 Å². The van der Waals surface area contributed by atoms with E-state index in [9.17, 15) is 18.4 Å². The molecule has 1 aromatic heterocycles. The van der Waals surface area contributed by atoms with Crippen molar-refractivity contribution >= 4 is 17.9 Å². The average Bonchev–Trinajstić information content (AvgIpc) is 3.20. The maximum absolute atomic E-state index is 15.1. The minimum atomic E-state index is -3.16. The van der Waals surface area contributed by atoms with Crippen molar-refractivity contribution in [3.05, 3.63) is 35.0 Å². The van der Waals surface area contributed by atoms with Crippen LogP contribution in [0.1, 0.15) is 51.8 Å². The summed E-state index contributed by atoms with van der Waals surface area (Å²) >= 11 is 0. The molecule has 0 spiro atoms. The first-order valence-corrected chi connectivity index (χ1v) is 13.7. The fourth-order valence-electron chi connectivity index (χ4n) is 5.12. The maximum atomic E-state index is 15.1. The molecule has 2 aliphatic heterocycles. The van der Waals surface area contributed by atoms with Crippen molar-refractivity contribution in [3.63, 3.8) is 0 Å². The molecule has 13 heteroatoms. The van der Waals surface area contributed by atoms with Gasteiger partial charge < -0.3 is 24.2 Å². The lowest BCUT2D eigenvalue weighted by molar-refractivity contribution is -0.135. The van der Waals surface area contributed by atoms with Gasteiger partial charge in [-0.1, -0.05) is 0 Å². The van der Waals surface area contributed by atoms with Crippen LogP contribution in [0, 0.1) is 11.6 Å². The van der Waals surface area contributed by atoms with E-state index in [2.05, 4.69) is 9.97 Å². The summed E-state index contributed by atoms with van der Waals surface area (Å²) in [4.78, 5) is 38.2. The summed E-state index contributed by atoms with van der Waals surface area (Å²) in [5, 5.41) is 0. The van der Waals surface area contributed by atoms with Gasteiger partial charge in [-0.3, -0.25) is 4.79 Å². The van der Waals surface area contributed by atoms with E-state index in [1.54, 1.807) is 25.7 Å². The van der Waals surface area contributed by atoms with E-state index in [4.69, 9.17) is 9.47 Å². The van der Waals surface area contributed by atoms with Crippen molar-refractivity contribution in [2.45, 2.75) is 64.5 Å². The molecule has 0 unspecified atom stereocenters. The predicted molar refractivity (Wildman–Crippen MR) is 141 cm³/mol. The number of benzene rings is 1. The highest BCUT2D eigenvalue weighted by atomic mass is 19.3. The molecule has 5 rings (SSSR count). The lowest BCUT2D eigenvalue weighted by Crippen LogP contribution is -2.52. The number of aromatic nitrogens is 2. The Morgan fingerprint density at radius 1 is 1.02 bits per heavy atom. The molecule has 41 heavy (non-hydrogen) atoms. The number of anilines is 1. The highest BCUT2D eigenvalue weighted by Crippen LogP contribution is 2.45. The number of halogens is 4. The summed E-state index contributed by atoms with van der Waals surface area (Å²) in [6.07, 6.45) is -0.0946. The molecule has 0 saturated carbocycles. The molecular formula is C28H33F4N5O4. The molecule has 2 saturated heterocycles. The number of nitrogens with zero attached hydrogens (tertiary/aromatic N) is 5. The van der Waals surface area contributed by atoms with Gasteiger partial charge in [-0.15, -0.1) is 0 Å². The van der Waals surface area contributed by atoms with Crippen molar-refractivity contribution in [1.82, 2.24) is 19.8 Å². The number of hydrogen-bond donors (Lipinski definition) is 0. The van der Waals surface area contributed by atoms with Crippen LogP contribution < -0.4 is 9.64 Å². The lowest BCUT2D eigenvalue weighted by atomic mass is 10.0. The number of hydrogen-bond acceptors (Lipinski definition) is 7. The number of carbonyl (C=O) groups is 2. The number of fused-ring (bicyclic) bond motifs is 1.